The molecule has 0 aliphatic carbocycles. The first-order valence-corrected chi connectivity index (χ1v) is 7.38. The highest BCUT2D eigenvalue weighted by atomic mass is 79.9. The zero-order valence-corrected chi connectivity index (χ0v) is 13.8. The van der Waals surface area contributed by atoms with E-state index in [2.05, 4.69) is 27.3 Å². The fourth-order valence-corrected chi connectivity index (χ4v) is 2.25. The quantitative estimate of drug-likeness (QED) is 0.699. The van der Waals surface area contributed by atoms with Crippen molar-refractivity contribution < 1.29 is 14.2 Å². The van der Waals surface area contributed by atoms with Crippen molar-refractivity contribution in [3.8, 4) is 11.5 Å². The summed E-state index contributed by atoms with van der Waals surface area (Å²) in [6.07, 6.45) is 4.11. The highest BCUT2D eigenvalue weighted by Gasteiger charge is 2.09. The molecule has 5 heteroatoms. The Morgan fingerprint density at radius 1 is 1.30 bits per heavy atom. The molecule has 0 amide bonds. The molecule has 1 aromatic rings. The van der Waals surface area contributed by atoms with Crippen LogP contribution >= 0.6 is 15.9 Å². The number of methoxy groups -OCH3 is 2. The Morgan fingerprint density at radius 2 is 2.10 bits per heavy atom. The molecule has 0 spiro atoms. The van der Waals surface area contributed by atoms with E-state index in [1.807, 2.05) is 25.1 Å². The summed E-state index contributed by atoms with van der Waals surface area (Å²) in [5.41, 5.74) is 1.06. The molecule has 20 heavy (non-hydrogen) atoms. The van der Waals surface area contributed by atoms with E-state index in [0.717, 1.165) is 41.2 Å². The minimum absolute atomic E-state index is 0.605. The van der Waals surface area contributed by atoms with Gasteiger partial charge in [0.1, 0.15) is 0 Å². The van der Waals surface area contributed by atoms with Gasteiger partial charge in [-0.15, -0.1) is 0 Å². The third-order valence-corrected chi connectivity index (χ3v) is 3.18. The van der Waals surface area contributed by atoms with Gasteiger partial charge in [-0.05, 0) is 40.5 Å². The van der Waals surface area contributed by atoms with Gasteiger partial charge in [0.2, 0.25) is 0 Å². The molecule has 0 atom stereocenters. The Bertz CT molecular complexity index is 435. The van der Waals surface area contributed by atoms with E-state index in [0.29, 0.717) is 6.61 Å². The lowest BCUT2D eigenvalue weighted by Gasteiger charge is -2.12. The predicted octanol–water partition coefficient (Wildman–Crippen LogP) is 3.11. The number of ether oxygens (including phenoxy) is 3. The Balaban J connectivity index is 2.67. The molecule has 0 saturated carbocycles. The van der Waals surface area contributed by atoms with Gasteiger partial charge in [-0.1, -0.05) is 12.2 Å². The van der Waals surface area contributed by atoms with E-state index in [-0.39, 0.29) is 0 Å². The normalized spacial score (nSPS) is 11.0. The van der Waals surface area contributed by atoms with E-state index in [1.165, 1.54) is 0 Å². The van der Waals surface area contributed by atoms with Crippen LogP contribution in [0.1, 0.15) is 12.5 Å². The van der Waals surface area contributed by atoms with Crippen LogP contribution < -0.4 is 14.8 Å². The molecular weight excluding hydrogens is 322 g/mol. The first-order chi connectivity index (χ1) is 9.72. The molecule has 0 aliphatic rings. The topological polar surface area (TPSA) is 39.7 Å². The maximum Gasteiger partial charge on any atom is 0.175 e. The summed E-state index contributed by atoms with van der Waals surface area (Å²) in [6, 6.07) is 3.97. The van der Waals surface area contributed by atoms with Crippen LogP contribution in [0.5, 0.6) is 11.5 Å². The van der Waals surface area contributed by atoms with Gasteiger partial charge in [0.25, 0.3) is 0 Å². The van der Waals surface area contributed by atoms with Crippen molar-refractivity contribution in [1.29, 1.82) is 0 Å². The minimum Gasteiger partial charge on any atom is -0.493 e. The summed E-state index contributed by atoms with van der Waals surface area (Å²) in [4.78, 5) is 0. The minimum atomic E-state index is 0.605. The van der Waals surface area contributed by atoms with Crippen molar-refractivity contribution in [3.63, 3.8) is 0 Å². The lowest BCUT2D eigenvalue weighted by molar-refractivity contribution is 0.200. The van der Waals surface area contributed by atoms with E-state index in [9.17, 15) is 0 Å². The van der Waals surface area contributed by atoms with Gasteiger partial charge >= 0.3 is 0 Å². The van der Waals surface area contributed by atoms with Crippen molar-refractivity contribution in [3.05, 3.63) is 28.2 Å². The first kappa shape index (κ1) is 17.0. The summed E-state index contributed by atoms with van der Waals surface area (Å²) >= 11 is 3.51. The van der Waals surface area contributed by atoms with E-state index >= 15 is 0 Å². The van der Waals surface area contributed by atoms with E-state index in [1.54, 1.807) is 14.2 Å². The van der Waals surface area contributed by atoms with Crippen LogP contribution in [0.4, 0.5) is 0 Å². The van der Waals surface area contributed by atoms with Gasteiger partial charge in [-0.2, -0.15) is 0 Å². The molecular formula is C15H22BrNO3. The fraction of sp³-hybridized carbons (Fsp3) is 0.467. The Morgan fingerprint density at radius 3 is 2.75 bits per heavy atom. The van der Waals surface area contributed by atoms with Crippen molar-refractivity contribution in [2.45, 2.75) is 6.92 Å². The average molecular weight is 344 g/mol. The summed E-state index contributed by atoms with van der Waals surface area (Å²) in [5.74, 6) is 1.47. The fourth-order valence-electron chi connectivity index (χ4n) is 1.68. The first-order valence-electron chi connectivity index (χ1n) is 6.59. The van der Waals surface area contributed by atoms with Gasteiger partial charge < -0.3 is 19.5 Å². The second-order valence-electron chi connectivity index (χ2n) is 4.07. The average Bonchev–Trinajstić information content (AvgIpc) is 2.45. The molecule has 0 fully saturated rings. The monoisotopic (exact) mass is 343 g/mol. The lowest BCUT2D eigenvalue weighted by Crippen LogP contribution is -2.18. The second-order valence-corrected chi connectivity index (χ2v) is 4.92. The number of hydrogen-bond acceptors (Lipinski definition) is 4. The zero-order chi connectivity index (χ0) is 14.8. The number of halogens is 1. The Labute approximate surface area is 129 Å². The summed E-state index contributed by atoms with van der Waals surface area (Å²) in [5, 5.41) is 3.25. The third kappa shape index (κ3) is 5.53. The highest BCUT2D eigenvalue weighted by molar-refractivity contribution is 9.10. The van der Waals surface area contributed by atoms with E-state index < -0.39 is 0 Å². The Kier molecular flexibility index (Phi) is 8.34. The maximum absolute atomic E-state index is 5.56. The van der Waals surface area contributed by atoms with Gasteiger partial charge in [0, 0.05) is 20.2 Å². The zero-order valence-electron chi connectivity index (χ0n) is 12.2. The molecule has 1 rings (SSSR count). The lowest BCUT2D eigenvalue weighted by atomic mass is 10.2. The highest BCUT2D eigenvalue weighted by Crippen LogP contribution is 2.36. The molecule has 0 aromatic heterocycles. The second kappa shape index (κ2) is 9.80. The van der Waals surface area contributed by atoms with Crippen LogP contribution in [-0.2, 0) is 4.74 Å². The number of nitrogens with one attached hydrogen (secondary N) is 1. The van der Waals surface area contributed by atoms with Crippen LogP contribution in [0.3, 0.4) is 0 Å². The molecule has 0 radical (unpaired) electrons. The number of rotatable bonds is 9. The molecule has 112 valence electrons. The van der Waals surface area contributed by atoms with Gasteiger partial charge in [-0.3, -0.25) is 0 Å². The van der Waals surface area contributed by atoms with Crippen molar-refractivity contribution in [1.82, 2.24) is 5.32 Å². The van der Waals surface area contributed by atoms with Crippen molar-refractivity contribution in [2.24, 2.45) is 0 Å². The van der Waals surface area contributed by atoms with Gasteiger partial charge in [0.05, 0.1) is 24.8 Å². The van der Waals surface area contributed by atoms with Crippen LogP contribution in [0.25, 0.3) is 6.08 Å². The third-order valence-electron chi connectivity index (χ3n) is 2.60. The Hall–Kier alpha value is -1.04. The molecule has 0 saturated heterocycles. The standard InChI is InChI=1S/C15H22BrNO3/c1-4-20-15-13(16)10-12(11-14(15)19-3)6-5-7-17-8-9-18-2/h5-6,10-11,17H,4,7-9H2,1-3H3. The van der Waals surface area contributed by atoms with Crippen LogP contribution in [0, 0.1) is 0 Å². The molecule has 1 N–H and O–H groups in total. The molecule has 0 unspecified atom stereocenters. The van der Waals surface area contributed by atoms with Crippen molar-refractivity contribution >= 4 is 22.0 Å². The van der Waals surface area contributed by atoms with E-state index in [4.69, 9.17) is 14.2 Å². The smallest absolute Gasteiger partial charge is 0.175 e. The van der Waals surface area contributed by atoms with Crippen LogP contribution in [0.15, 0.2) is 22.7 Å². The molecule has 0 bridgehead atoms. The summed E-state index contributed by atoms with van der Waals surface area (Å²) in [7, 11) is 3.34. The van der Waals surface area contributed by atoms with Crippen LogP contribution in [-0.4, -0.2) is 40.5 Å². The SMILES string of the molecule is CCOc1c(Br)cc(C=CCNCCOC)cc1OC. The van der Waals surface area contributed by atoms with Crippen molar-refractivity contribution in [2.75, 3.05) is 40.5 Å². The number of hydrogen-bond donors (Lipinski definition) is 1. The summed E-state index contributed by atoms with van der Waals surface area (Å²) < 4.78 is 16.8. The number of benzene rings is 1. The van der Waals surface area contributed by atoms with Gasteiger partial charge in [-0.25, -0.2) is 0 Å². The summed E-state index contributed by atoms with van der Waals surface area (Å²) in [6.45, 7) is 4.92. The van der Waals surface area contributed by atoms with Gasteiger partial charge in [0.15, 0.2) is 11.5 Å². The van der Waals surface area contributed by atoms with Crippen LogP contribution in [0.2, 0.25) is 0 Å². The maximum atomic E-state index is 5.56. The molecule has 0 aliphatic heterocycles. The largest absolute Gasteiger partial charge is 0.493 e. The molecule has 0 heterocycles. The molecule has 4 nitrogen and oxygen atoms in total. The predicted molar refractivity (Wildman–Crippen MR) is 85.6 cm³/mol. The molecule has 1 aromatic carbocycles.